The number of carbonyl (C=O) groups excluding carboxylic acids is 2. The van der Waals surface area contributed by atoms with Gasteiger partial charge in [-0.25, -0.2) is 15.2 Å². The highest BCUT2D eigenvalue weighted by Crippen LogP contribution is 2.17. The van der Waals surface area contributed by atoms with Crippen molar-refractivity contribution in [3.05, 3.63) is 57.6 Å². The van der Waals surface area contributed by atoms with Crippen LogP contribution < -0.4 is 16.2 Å². The van der Waals surface area contributed by atoms with Gasteiger partial charge in [-0.2, -0.15) is 0 Å². The van der Waals surface area contributed by atoms with Gasteiger partial charge >= 0.3 is 6.03 Å². The fourth-order valence-electron chi connectivity index (χ4n) is 3.51. The van der Waals surface area contributed by atoms with Crippen LogP contribution in [0, 0.1) is 4.77 Å². The Kier molecular flexibility index (Phi) is 7.94. The van der Waals surface area contributed by atoms with Crippen LogP contribution in [0.25, 0.3) is 12.2 Å². The predicted octanol–water partition coefficient (Wildman–Crippen LogP) is 4.71. The molecular formula is C23H29N5O2S. The lowest BCUT2D eigenvalue weighted by Crippen LogP contribution is -2.50. The largest absolute Gasteiger partial charge is 0.334 e. The molecule has 1 saturated carbocycles. The summed E-state index contributed by atoms with van der Waals surface area (Å²) in [6.45, 7) is 4.31. The summed E-state index contributed by atoms with van der Waals surface area (Å²) in [6.07, 6.45) is 9.13. The third kappa shape index (κ3) is 7.03. The molecule has 3 amide bonds. The van der Waals surface area contributed by atoms with E-state index >= 15 is 0 Å². The molecule has 0 radical (unpaired) electrons. The van der Waals surface area contributed by atoms with E-state index in [9.17, 15) is 9.59 Å². The first kappa shape index (κ1) is 22.7. The summed E-state index contributed by atoms with van der Waals surface area (Å²) in [4.78, 5) is 31.4. The summed E-state index contributed by atoms with van der Waals surface area (Å²) < 4.78 is 0.189. The maximum atomic E-state index is 12.4. The van der Waals surface area contributed by atoms with Crippen LogP contribution in [0.1, 0.15) is 79.2 Å². The number of nitrogens with zero attached hydrogens (tertiary/aromatic N) is 1. The number of benzene rings is 1. The molecule has 2 aromatic rings. The number of nitrogens with one attached hydrogen (secondary N) is 4. The van der Waals surface area contributed by atoms with Crippen molar-refractivity contribution in [2.24, 2.45) is 0 Å². The lowest BCUT2D eigenvalue weighted by Gasteiger charge is -2.22. The van der Waals surface area contributed by atoms with Crippen molar-refractivity contribution < 1.29 is 9.59 Å². The Labute approximate surface area is 187 Å². The van der Waals surface area contributed by atoms with E-state index in [0.29, 0.717) is 11.6 Å². The number of hydrazine groups is 1. The third-order valence-electron chi connectivity index (χ3n) is 5.29. The molecule has 0 spiro atoms. The Morgan fingerprint density at radius 2 is 1.81 bits per heavy atom. The molecule has 4 N–H and O–H groups in total. The predicted molar refractivity (Wildman–Crippen MR) is 125 cm³/mol. The van der Waals surface area contributed by atoms with Gasteiger partial charge in [-0.15, -0.1) is 0 Å². The molecule has 1 aromatic heterocycles. The zero-order chi connectivity index (χ0) is 22.2. The fraction of sp³-hybridized carbons (Fsp3) is 0.391. The van der Waals surface area contributed by atoms with Crippen LogP contribution in [0.4, 0.5) is 4.79 Å². The number of hydrogen-bond donors (Lipinski definition) is 4. The number of amides is 3. The quantitative estimate of drug-likeness (QED) is 0.400. The number of H-pyrrole nitrogens is 1. The lowest BCUT2D eigenvalue weighted by molar-refractivity contribution is 0.0930. The second-order valence-corrected chi connectivity index (χ2v) is 8.46. The molecule has 8 heteroatoms. The van der Waals surface area contributed by atoms with E-state index in [1.165, 1.54) is 12.0 Å². The van der Waals surface area contributed by atoms with Crippen LogP contribution >= 0.6 is 12.2 Å². The highest BCUT2D eigenvalue weighted by atomic mass is 32.1. The van der Waals surface area contributed by atoms with Crippen molar-refractivity contribution in [3.8, 4) is 0 Å². The maximum Gasteiger partial charge on any atom is 0.333 e. The maximum absolute atomic E-state index is 12.4. The number of rotatable bonds is 5. The van der Waals surface area contributed by atoms with Crippen molar-refractivity contribution in [2.75, 3.05) is 0 Å². The van der Waals surface area contributed by atoms with Crippen LogP contribution in [-0.2, 0) is 0 Å². The number of hydrogen-bond acceptors (Lipinski definition) is 4. The smallest absolute Gasteiger partial charge is 0.333 e. The zero-order valence-electron chi connectivity index (χ0n) is 17.9. The molecule has 0 saturated heterocycles. The molecule has 1 aliphatic carbocycles. The Bertz CT molecular complexity index is 992. The van der Waals surface area contributed by atoms with E-state index in [2.05, 4.69) is 52.1 Å². The van der Waals surface area contributed by atoms with E-state index in [1.807, 2.05) is 24.3 Å². The monoisotopic (exact) mass is 439 g/mol. The molecule has 1 aromatic carbocycles. The fourth-order valence-corrected chi connectivity index (χ4v) is 3.72. The second kappa shape index (κ2) is 10.9. The number of aromatic nitrogens is 2. The van der Waals surface area contributed by atoms with Gasteiger partial charge in [0.2, 0.25) is 0 Å². The van der Waals surface area contributed by atoms with Gasteiger partial charge in [0.15, 0.2) is 4.77 Å². The molecule has 0 aliphatic heterocycles. The van der Waals surface area contributed by atoms with Crippen molar-refractivity contribution >= 4 is 36.3 Å². The lowest BCUT2D eigenvalue weighted by atomic mass is 9.96. The topological polar surface area (TPSA) is 98.9 Å². The summed E-state index contributed by atoms with van der Waals surface area (Å²) in [6, 6.07) is 9.61. The van der Waals surface area contributed by atoms with Crippen molar-refractivity contribution in [3.63, 3.8) is 0 Å². The molecular weight excluding hydrogens is 410 g/mol. The van der Waals surface area contributed by atoms with Gasteiger partial charge < -0.3 is 10.3 Å². The Morgan fingerprint density at radius 3 is 2.48 bits per heavy atom. The first-order valence-corrected chi connectivity index (χ1v) is 11.1. The van der Waals surface area contributed by atoms with Gasteiger partial charge in [0.1, 0.15) is 5.69 Å². The highest BCUT2D eigenvalue weighted by molar-refractivity contribution is 7.71. The van der Waals surface area contributed by atoms with E-state index in [1.54, 1.807) is 6.07 Å². The standard InChI is InChI=1S/C23H29N5O2S/c1-15(2)17-11-8-16(9-12-17)10-13-19-14-20(26-23(31)25-19)21(29)27-28-22(30)24-18-6-4-3-5-7-18/h8-15,18H,3-7H2,1-2H3,(H,27,29)(H2,24,28,30)(H,25,26,31)/b13-10+. The SMILES string of the molecule is CC(C)c1ccc(/C=C/c2cc(C(=O)NNC(=O)NC3CCCCC3)nc(=S)[nH]2)cc1. The minimum absolute atomic E-state index is 0.122. The normalized spacial score (nSPS) is 14.5. The molecule has 3 rings (SSSR count). The summed E-state index contributed by atoms with van der Waals surface area (Å²) in [5.74, 6) is -0.0522. The van der Waals surface area contributed by atoms with Crippen LogP contribution in [0.5, 0.6) is 0 Å². The second-order valence-electron chi connectivity index (χ2n) is 8.07. The molecule has 0 atom stereocenters. The van der Waals surface area contributed by atoms with Crippen molar-refractivity contribution in [1.29, 1.82) is 0 Å². The van der Waals surface area contributed by atoms with E-state index in [0.717, 1.165) is 31.2 Å². The van der Waals surface area contributed by atoms with E-state index in [4.69, 9.17) is 12.2 Å². The molecule has 1 fully saturated rings. The first-order chi connectivity index (χ1) is 14.9. The van der Waals surface area contributed by atoms with E-state index in [-0.39, 0.29) is 16.5 Å². The molecule has 0 bridgehead atoms. The summed E-state index contributed by atoms with van der Waals surface area (Å²) in [7, 11) is 0. The molecule has 1 aliphatic rings. The van der Waals surface area contributed by atoms with Gasteiger partial charge in [0, 0.05) is 11.7 Å². The minimum Gasteiger partial charge on any atom is -0.334 e. The number of urea groups is 1. The molecule has 31 heavy (non-hydrogen) atoms. The Balaban J connectivity index is 1.59. The molecule has 164 valence electrons. The molecule has 0 unspecified atom stereocenters. The summed E-state index contributed by atoms with van der Waals surface area (Å²) in [5, 5.41) is 2.87. The number of aromatic amines is 1. The number of carbonyl (C=O) groups is 2. The van der Waals surface area contributed by atoms with Crippen LogP contribution in [-0.4, -0.2) is 27.9 Å². The Hall–Kier alpha value is -3.00. The average molecular weight is 440 g/mol. The highest BCUT2D eigenvalue weighted by Gasteiger charge is 2.16. The Morgan fingerprint density at radius 1 is 1.10 bits per heavy atom. The van der Waals surface area contributed by atoms with Crippen molar-refractivity contribution in [2.45, 2.75) is 57.9 Å². The minimum atomic E-state index is -0.533. The molecule has 7 nitrogen and oxygen atoms in total. The van der Waals surface area contributed by atoms with Gasteiger partial charge in [0.05, 0.1) is 0 Å². The van der Waals surface area contributed by atoms with Crippen LogP contribution in [0.3, 0.4) is 0 Å². The third-order valence-corrected chi connectivity index (χ3v) is 5.48. The van der Waals surface area contributed by atoms with Gasteiger partial charge in [-0.3, -0.25) is 10.2 Å². The zero-order valence-corrected chi connectivity index (χ0v) is 18.7. The summed E-state index contributed by atoms with van der Waals surface area (Å²) >= 11 is 5.15. The molecule has 1 heterocycles. The van der Waals surface area contributed by atoms with Gasteiger partial charge in [-0.05, 0) is 54.2 Å². The van der Waals surface area contributed by atoms with Gasteiger partial charge in [-0.1, -0.05) is 63.5 Å². The van der Waals surface area contributed by atoms with E-state index < -0.39 is 11.9 Å². The van der Waals surface area contributed by atoms with Crippen LogP contribution in [0.15, 0.2) is 30.3 Å². The first-order valence-electron chi connectivity index (χ1n) is 10.7. The average Bonchev–Trinajstić information content (AvgIpc) is 2.76. The summed E-state index contributed by atoms with van der Waals surface area (Å²) in [5.41, 5.74) is 7.85. The van der Waals surface area contributed by atoms with Crippen LogP contribution in [0.2, 0.25) is 0 Å². The van der Waals surface area contributed by atoms with Gasteiger partial charge in [0.25, 0.3) is 5.91 Å². The van der Waals surface area contributed by atoms with Crippen molar-refractivity contribution in [1.82, 2.24) is 26.1 Å².